The molecule has 1 atom stereocenters. The maximum absolute atomic E-state index is 14.0. The summed E-state index contributed by atoms with van der Waals surface area (Å²) in [6.07, 6.45) is 2.00. The minimum atomic E-state index is -4.41. The first kappa shape index (κ1) is 31.2. The van der Waals surface area contributed by atoms with Crippen LogP contribution in [-0.2, 0) is 7.05 Å². The smallest absolute Gasteiger partial charge is 0.383 e. The Morgan fingerprint density at radius 2 is 2.05 bits per heavy atom. The molecule has 0 saturated heterocycles. The van der Waals surface area contributed by atoms with Gasteiger partial charge in [0.2, 0.25) is 0 Å². The highest BCUT2D eigenvalue weighted by molar-refractivity contribution is 6.35. The molecule has 2 aromatic heterocycles. The molecule has 44 heavy (non-hydrogen) atoms. The van der Waals surface area contributed by atoms with Crippen molar-refractivity contribution in [3.8, 4) is 6.07 Å². The first-order valence-corrected chi connectivity index (χ1v) is 14.5. The molecule has 1 aromatic carbocycles. The molecule has 9 nitrogen and oxygen atoms in total. The number of anilines is 2. The molecule has 232 valence electrons. The van der Waals surface area contributed by atoms with Crippen molar-refractivity contribution in [2.75, 3.05) is 17.2 Å². The maximum Gasteiger partial charge on any atom is 0.413 e. The van der Waals surface area contributed by atoms with Crippen LogP contribution in [0.3, 0.4) is 0 Å². The standard InChI is InChI=1S/C31H35ClF3N9/c1-7-37-28-21(8-11-43(28)6)18(2)25(24-16-44(42-41-24)30(9-10-30)31(33,34)35)40-20-12-22-26(39-17-29(3,4)5)19(14-36)15-38-27(22)23(32)13-20/h7-8,11-13,15-16,25,40-42H,2,9-10,17H2,1,3-6H3,(H,38,39)/t25-/m0/s1. The lowest BCUT2D eigenvalue weighted by atomic mass is 9.96. The Balaban J connectivity index is 1.60. The zero-order chi connectivity index (χ0) is 32.0. The minimum Gasteiger partial charge on any atom is -0.383 e. The van der Waals surface area contributed by atoms with Crippen LogP contribution < -0.4 is 21.6 Å². The number of alkyl halides is 3. The zero-order valence-electron chi connectivity index (χ0n) is 25.2. The van der Waals surface area contributed by atoms with Crippen molar-refractivity contribution in [3.05, 3.63) is 65.2 Å². The molecule has 3 heterocycles. The van der Waals surface area contributed by atoms with Gasteiger partial charge < -0.3 is 20.6 Å². The van der Waals surface area contributed by atoms with Crippen LogP contribution in [-0.4, -0.2) is 45.1 Å². The van der Waals surface area contributed by atoms with E-state index in [1.165, 1.54) is 12.4 Å². The van der Waals surface area contributed by atoms with E-state index < -0.39 is 17.8 Å². The van der Waals surface area contributed by atoms with Gasteiger partial charge in [-0.3, -0.25) is 9.99 Å². The molecule has 0 bridgehead atoms. The average Bonchev–Trinajstić information content (AvgIpc) is 3.51. The van der Waals surface area contributed by atoms with E-state index in [4.69, 9.17) is 11.6 Å². The van der Waals surface area contributed by atoms with Crippen LogP contribution in [0.15, 0.2) is 54.1 Å². The number of aliphatic imine (C=N–C) groups is 1. The van der Waals surface area contributed by atoms with Gasteiger partial charge in [0.1, 0.15) is 11.9 Å². The van der Waals surface area contributed by atoms with E-state index >= 15 is 0 Å². The van der Waals surface area contributed by atoms with Crippen molar-refractivity contribution in [2.45, 2.75) is 58.3 Å². The van der Waals surface area contributed by atoms with Gasteiger partial charge in [0.05, 0.1) is 33.5 Å². The molecule has 0 spiro atoms. The van der Waals surface area contributed by atoms with Crippen molar-refractivity contribution in [1.82, 2.24) is 25.5 Å². The number of benzene rings is 1. The number of fused-ring (bicyclic) bond motifs is 1. The lowest BCUT2D eigenvalue weighted by molar-refractivity contribution is -0.195. The minimum absolute atomic E-state index is 0.0130. The van der Waals surface area contributed by atoms with Gasteiger partial charge in [-0.2, -0.15) is 18.4 Å². The molecule has 1 saturated carbocycles. The monoisotopic (exact) mass is 625 g/mol. The van der Waals surface area contributed by atoms with Crippen molar-refractivity contribution in [2.24, 2.45) is 17.5 Å². The highest BCUT2D eigenvalue weighted by Gasteiger charge is 2.67. The number of hydrazine groups is 2. The molecule has 1 aliphatic heterocycles. The van der Waals surface area contributed by atoms with Gasteiger partial charge >= 0.3 is 6.18 Å². The summed E-state index contributed by atoms with van der Waals surface area (Å²) >= 11 is 6.74. The van der Waals surface area contributed by atoms with E-state index in [9.17, 15) is 18.4 Å². The number of nitrogens with zero attached hydrogens (tertiary/aromatic N) is 5. The van der Waals surface area contributed by atoms with Crippen molar-refractivity contribution in [3.63, 3.8) is 0 Å². The molecular formula is C31H35ClF3N9. The first-order valence-electron chi connectivity index (χ1n) is 14.1. The predicted molar refractivity (Wildman–Crippen MR) is 169 cm³/mol. The van der Waals surface area contributed by atoms with E-state index in [-0.39, 0.29) is 18.3 Å². The molecule has 2 aliphatic rings. The molecule has 0 unspecified atom stereocenters. The fourth-order valence-corrected chi connectivity index (χ4v) is 5.45. The summed E-state index contributed by atoms with van der Waals surface area (Å²) in [7, 11) is 1.85. The number of hydrogen-bond acceptors (Lipinski definition) is 8. The van der Waals surface area contributed by atoms with Gasteiger partial charge in [0.25, 0.3) is 0 Å². The van der Waals surface area contributed by atoms with Gasteiger partial charge in [-0.15, -0.1) is 5.53 Å². The zero-order valence-corrected chi connectivity index (χ0v) is 26.0. The molecular weight excluding hydrogens is 591 g/mol. The summed E-state index contributed by atoms with van der Waals surface area (Å²) in [5.41, 5.74) is 7.33. The topological polar surface area (TPSA) is 105 Å². The quantitative estimate of drug-likeness (QED) is 0.189. The van der Waals surface area contributed by atoms with Gasteiger partial charge in [0, 0.05) is 55.0 Å². The Labute approximate surface area is 259 Å². The van der Waals surface area contributed by atoms with Crippen LogP contribution in [0.25, 0.3) is 16.5 Å². The summed E-state index contributed by atoms with van der Waals surface area (Å²) in [5, 5.41) is 18.7. The molecule has 5 rings (SSSR count). The lowest BCUT2D eigenvalue weighted by Crippen LogP contribution is -2.52. The second kappa shape index (κ2) is 11.4. The summed E-state index contributed by atoms with van der Waals surface area (Å²) in [6, 6.07) is 6.87. The number of aryl methyl sites for hydroxylation is 1. The van der Waals surface area contributed by atoms with Gasteiger partial charge in [-0.25, -0.2) is 4.99 Å². The second-order valence-corrected chi connectivity index (χ2v) is 12.7. The Morgan fingerprint density at radius 1 is 1.32 bits per heavy atom. The maximum atomic E-state index is 14.0. The highest BCUT2D eigenvalue weighted by Crippen LogP contribution is 2.53. The summed E-state index contributed by atoms with van der Waals surface area (Å²) in [4.78, 5) is 8.93. The Bertz CT molecular complexity index is 1710. The molecule has 4 N–H and O–H groups in total. The number of nitrogens with one attached hydrogen (secondary N) is 4. The van der Waals surface area contributed by atoms with Crippen LogP contribution in [0.5, 0.6) is 0 Å². The summed E-state index contributed by atoms with van der Waals surface area (Å²) in [5.74, 6) is 0.648. The van der Waals surface area contributed by atoms with Crippen molar-refractivity contribution < 1.29 is 13.2 Å². The number of aromatic nitrogens is 2. The van der Waals surface area contributed by atoms with Crippen LogP contribution in [0, 0.1) is 16.7 Å². The largest absolute Gasteiger partial charge is 0.413 e. The third-order valence-electron chi connectivity index (χ3n) is 7.75. The molecule has 0 radical (unpaired) electrons. The van der Waals surface area contributed by atoms with Crippen LogP contribution in [0.1, 0.15) is 51.7 Å². The average molecular weight is 626 g/mol. The molecule has 1 aliphatic carbocycles. The normalized spacial score (nSPS) is 16.9. The summed E-state index contributed by atoms with van der Waals surface area (Å²) < 4.78 is 43.8. The third-order valence-corrected chi connectivity index (χ3v) is 8.04. The van der Waals surface area contributed by atoms with E-state index in [1.54, 1.807) is 19.2 Å². The summed E-state index contributed by atoms with van der Waals surface area (Å²) in [6.45, 7) is 13.0. The Hall–Kier alpha value is -4.21. The van der Waals surface area contributed by atoms with Crippen molar-refractivity contribution in [1.29, 1.82) is 5.26 Å². The third kappa shape index (κ3) is 5.81. The fourth-order valence-electron chi connectivity index (χ4n) is 5.19. The number of nitriles is 1. The molecule has 1 fully saturated rings. The van der Waals surface area contributed by atoms with Crippen LogP contribution in [0.2, 0.25) is 5.02 Å². The van der Waals surface area contributed by atoms with E-state index in [2.05, 4.69) is 65.0 Å². The predicted octanol–water partition coefficient (Wildman–Crippen LogP) is 7.03. The van der Waals surface area contributed by atoms with E-state index in [0.717, 1.165) is 5.01 Å². The second-order valence-electron chi connectivity index (χ2n) is 12.3. The van der Waals surface area contributed by atoms with E-state index in [1.807, 2.05) is 29.9 Å². The Morgan fingerprint density at radius 3 is 2.66 bits per heavy atom. The molecule has 3 aromatic rings. The number of rotatable bonds is 9. The van der Waals surface area contributed by atoms with Gasteiger partial charge in [-0.05, 0) is 49.0 Å². The van der Waals surface area contributed by atoms with Gasteiger partial charge in [0.15, 0.2) is 5.54 Å². The van der Waals surface area contributed by atoms with E-state index in [0.29, 0.717) is 62.1 Å². The van der Waals surface area contributed by atoms with Crippen LogP contribution in [0.4, 0.5) is 30.4 Å². The van der Waals surface area contributed by atoms with Crippen LogP contribution >= 0.6 is 11.6 Å². The molecule has 0 amide bonds. The number of pyridine rings is 1. The number of halogens is 4. The van der Waals surface area contributed by atoms with Gasteiger partial charge in [-0.1, -0.05) is 39.0 Å². The first-order chi connectivity index (χ1) is 20.7. The number of hydrogen-bond donors (Lipinski definition) is 4. The highest BCUT2D eigenvalue weighted by atomic mass is 35.5. The molecule has 13 heteroatoms. The fraction of sp³-hybridized carbons (Fsp3) is 0.387. The lowest BCUT2D eigenvalue weighted by Gasteiger charge is -2.28. The SMILES string of the molecule is C=C(c1ccn(C)c1N=CC)[C@H](Nc1cc(Cl)c2ncc(C#N)c(NCC(C)(C)C)c2c1)C1=CN(C2(C(F)(F)F)CC2)NN1. The Kier molecular flexibility index (Phi) is 8.07. The van der Waals surface area contributed by atoms with Crippen molar-refractivity contribution >= 4 is 51.5 Å².